The molecule has 1 aromatic rings. The molecule has 4 nitrogen and oxygen atoms in total. The monoisotopic (exact) mass is 295 g/mol. The van der Waals surface area contributed by atoms with Crippen molar-refractivity contribution >= 4 is 17.2 Å². The van der Waals surface area contributed by atoms with Crippen LogP contribution in [0.25, 0.3) is 0 Å². The van der Waals surface area contributed by atoms with E-state index in [2.05, 4.69) is 35.6 Å². The molecule has 1 aliphatic rings. The van der Waals surface area contributed by atoms with Gasteiger partial charge in [-0.1, -0.05) is 6.92 Å². The molecule has 4 unspecified atom stereocenters. The summed E-state index contributed by atoms with van der Waals surface area (Å²) in [5, 5.41) is 4.26. The lowest BCUT2D eigenvalue weighted by molar-refractivity contribution is -0.124. The number of nitrogens with zero attached hydrogens (tertiary/aromatic N) is 1. The second-order valence-electron chi connectivity index (χ2n) is 5.80. The Bertz CT molecular complexity index is 434. The molecule has 1 saturated heterocycles. The minimum atomic E-state index is -0.184. The molecule has 5 heteroatoms. The first kappa shape index (κ1) is 15.5. The standard InChI is InChI=1S/C15H25N3OS/c1-3-13(16)14(12-6-7-20-9-12)18-8-11(15(17)19)5-4-10(18)2/h6-7,9-11,13-14H,3-5,8,16H2,1-2H3,(H2,17,19). The Morgan fingerprint density at radius 3 is 2.85 bits per heavy atom. The maximum Gasteiger partial charge on any atom is 0.221 e. The number of hydrogen-bond donors (Lipinski definition) is 2. The molecule has 2 rings (SSSR count). The smallest absolute Gasteiger partial charge is 0.221 e. The van der Waals surface area contributed by atoms with E-state index in [1.807, 2.05) is 0 Å². The number of carbonyl (C=O) groups is 1. The molecular formula is C15H25N3OS. The number of hydrogen-bond acceptors (Lipinski definition) is 4. The van der Waals surface area contributed by atoms with Crippen molar-refractivity contribution in [2.24, 2.45) is 17.4 Å². The summed E-state index contributed by atoms with van der Waals surface area (Å²) in [6.45, 7) is 5.06. The van der Waals surface area contributed by atoms with E-state index < -0.39 is 0 Å². The maximum absolute atomic E-state index is 11.5. The third-order valence-corrected chi connectivity index (χ3v) is 5.15. The van der Waals surface area contributed by atoms with Gasteiger partial charge in [0.05, 0.1) is 12.0 Å². The molecule has 0 aromatic carbocycles. The predicted molar refractivity (Wildman–Crippen MR) is 83.4 cm³/mol. The number of amides is 1. The van der Waals surface area contributed by atoms with Crippen molar-refractivity contribution in [3.05, 3.63) is 22.4 Å². The highest BCUT2D eigenvalue weighted by Crippen LogP contribution is 2.34. The van der Waals surface area contributed by atoms with Crippen LogP contribution in [0.5, 0.6) is 0 Å². The van der Waals surface area contributed by atoms with Gasteiger partial charge in [-0.15, -0.1) is 0 Å². The van der Waals surface area contributed by atoms with Crippen LogP contribution in [0.4, 0.5) is 0 Å². The van der Waals surface area contributed by atoms with Gasteiger partial charge in [-0.3, -0.25) is 9.69 Å². The van der Waals surface area contributed by atoms with Crippen LogP contribution >= 0.6 is 11.3 Å². The Labute approximate surface area is 125 Å². The fourth-order valence-electron chi connectivity index (χ4n) is 3.11. The zero-order valence-electron chi connectivity index (χ0n) is 12.3. The van der Waals surface area contributed by atoms with Crippen molar-refractivity contribution in [1.29, 1.82) is 0 Å². The Morgan fingerprint density at radius 1 is 1.55 bits per heavy atom. The lowest BCUT2D eigenvalue weighted by Crippen LogP contribution is -2.51. The van der Waals surface area contributed by atoms with Crippen LogP contribution in [0.2, 0.25) is 0 Å². The molecule has 0 aliphatic carbocycles. The molecule has 1 aliphatic heterocycles. The van der Waals surface area contributed by atoms with Crippen molar-refractivity contribution in [3.8, 4) is 0 Å². The van der Waals surface area contributed by atoms with Crippen molar-refractivity contribution in [2.75, 3.05) is 6.54 Å². The minimum absolute atomic E-state index is 0.0450. The molecule has 0 saturated carbocycles. The van der Waals surface area contributed by atoms with Gasteiger partial charge in [-0.05, 0) is 48.6 Å². The largest absolute Gasteiger partial charge is 0.369 e. The molecule has 2 heterocycles. The van der Waals surface area contributed by atoms with E-state index >= 15 is 0 Å². The van der Waals surface area contributed by atoms with Gasteiger partial charge in [0.25, 0.3) is 0 Å². The number of nitrogens with two attached hydrogens (primary N) is 2. The van der Waals surface area contributed by atoms with E-state index in [-0.39, 0.29) is 23.9 Å². The topological polar surface area (TPSA) is 72.3 Å². The summed E-state index contributed by atoms with van der Waals surface area (Å²) in [5.74, 6) is -0.229. The molecule has 4 N–H and O–H groups in total. The molecule has 0 spiro atoms. The van der Waals surface area contributed by atoms with Crippen LogP contribution in [0, 0.1) is 5.92 Å². The Kier molecular flexibility index (Phi) is 5.18. The first-order chi connectivity index (χ1) is 9.54. The number of thiophene rings is 1. The van der Waals surface area contributed by atoms with Gasteiger partial charge >= 0.3 is 0 Å². The summed E-state index contributed by atoms with van der Waals surface area (Å²) in [6, 6.07) is 2.85. The second kappa shape index (κ2) is 6.70. The summed E-state index contributed by atoms with van der Waals surface area (Å²) >= 11 is 1.69. The number of piperidine rings is 1. The highest BCUT2D eigenvalue weighted by molar-refractivity contribution is 7.07. The van der Waals surface area contributed by atoms with Crippen LogP contribution in [0.1, 0.15) is 44.7 Å². The Balaban J connectivity index is 2.24. The summed E-state index contributed by atoms with van der Waals surface area (Å²) in [5.41, 5.74) is 13.1. The average Bonchev–Trinajstić information content (AvgIpc) is 2.94. The minimum Gasteiger partial charge on any atom is -0.369 e. The van der Waals surface area contributed by atoms with Gasteiger partial charge in [0.2, 0.25) is 5.91 Å². The summed E-state index contributed by atoms with van der Waals surface area (Å²) in [7, 11) is 0. The van der Waals surface area contributed by atoms with Gasteiger partial charge in [0.15, 0.2) is 0 Å². The van der Waals surface area contributed by atoms with Gasteiger partial charge in [0.1, 0.15) is 0 Å². The first-order valence-corrected chi connectivity index (χ1v) is 8.31. The van der Waals surface area contributed by atoms with Crippen LogP contribution in [0.15, 0.2) is 16.8 Å². The Morgan fingerprint density at radius 2 is 2.30 bits per heavy atom. The average molecular weight is 295 g/mol. The zero-order chi connectivity index (χ0) is 14.7. The molecule has 4 atom stereocenters. The first-order valence-electron chi connectivity index (χ1n) is 7.37. The van der Waals surface area contributed by atoms with E-state index in [4.69, 9.17) is 11.5 Å². The fraction of sp³-hybridized carbons (Fsp3) is 0.667. The van der Waals surface area contributed by atoms with E-state index in [0.29, 0.717) is 6.04 Å². The second-order valence-corrected chi connectivity index (χ2v) is 6.58. The van der Waals surface area contributed by atoms with Crippen LogP contribution in [0.3, 0.4) is 0 Å². The third-order valence-electron chi connectivity index (χ3n) is 4.45. The number of carbonyl (C=O) groups excluding carboxylic acids is 1. The molecule has 20 heavy (non-hydrogen) atoms. The Hall–Kier alpha value is -0.910. The van der Waals surface area contributed by atoms with E-state index in [1.165, 1.54) is 5.56 Å². The zero-order valence-corrected chi connectivity index (χ0v) is 13.1. The third kappa shape index (κ3) is 3.22. The number of likely N-dealkylation sites (tertiary alicyclic amines) is 1. The molecule has 1 aromatic heterocycles. The van der Waals surface area contributed by atoms with Crippen molar-refractivity contribution in [2.45, 2.75) is 51.2 Å². The molecule has 0 radical (unpaired) electrons. The summed E-state index contributed by atoms with van der Waals surface area (Å²) < 4.78 is 0. The van der Waals surface area contributed by atoms with Gasteiger partial charge in [-0.2, -0.15) is 11.3 Å². The normalized spacial score (nSPS) is 27.1. The van der Waals surface area contributed by atoms with E-state index in [0.717, 1.165) is 25.8 Å². The molecule has 112 valence electrons. The van der Waals surface area contributed by atoms with Crippen LogP contribution in [-0.4, -0.2) is 29.4 Å². The van der Waals surface area contributed by atoms with Crippen LogP contribution in [-0.2, 0) is 4.79 Å². The van der Waals surface area contributed by atoms with Gasteiger partial charge in [0, 0.05) is 18.6 Å². The quantitative estimate of drug-likeness (QED) is 0.874. The highest BCUT2D eigenvalue weighted by Gasteiger charge is 2.35. The van der Waals surface area contributed by atoms with E-state index in [9.17, 15) is 4.79 Å². The summed E-state index contributed by atoms with van der Waals surface area (Å²) in [6.07, 6.45) is 2.82. The van der Waals surface area contributed by atoms with Crippen LogP contribution < -0.4 is 11.5 Å². The van der Waals surface area contributed by atoms with E-state index in [1.54, 1.807) is 11.3 Å². The summed E-state index contributed by atoms with van der Waals surface area (Å²) in [4.78, 5) is 13.9. The molecular weight excluding hydrogens is 270 g/mol. The lowest BCUT2D eigenvalue weighted by atomic mass is 9.88. The van der Waals surface area contributed by atoms with Gasteiger partial charge < -0.3 is 11.5 Å². The molecule has 0 bridgehead atoms. The maximum atomic E-state index is 11.5. The van der Waals surface area contributed by atoms with Crippen molar-refractivity contribution < 1.29 is 4.79 Å². The number of rotatable bonds is 5. The molecule has 1 amide bonds. The van der Waals surface area contributed by atoms with Gasteiger partial charge in [-0.25, -0.2) is 0 Å². The van der Waals surface area contributed by atoms with Crippen molar-refractivity contribution in [1.82, 2.24) is 4.90 Å². The van der Waals surface area contributed by atoms with Crippen molar-refractivity contribution in [3.63, 3.8) is 0 Å². The molecule has 1 fully saturated rings. The highest BCUT2D eigenvalue weighted by atomic mass is 32.1. The number of primary amides is 1. The predicted octanol–water partition coefficient (Wildman–Crippen LogP) is 2.11. The SMILES string of the molecule is CCC(N)C(c1ccsc1)N1CC(C(N)=O)CCC1C. The fourth-order valence-corrected chi connectivity index (χ4v) is 3.79. The lowest BCUT2D eigenvalue weighted by Gasteiger charge is -2.44.